The molecule has 6 nitrogen and oxygen atoms in total. The van der Waals surface area contributed by atoms with Crippen molar-refractivity contribution in [2.24, 2.45) is 5.73 Å². The van der Waals surface area contributed by atoms with Crippen molar-refractivity contribution in [1.82, 2.24) is 20.3 Å². The number of aromatic nitrogens is 3. The van der Waals surface area contributed by atoms with E-state index in [1.54, 1.807) is 0 Å². The van der Waals surface area contributed by atoms with Crippen LogP contribution in [0.2, 0.25) is 0 Å². The molecule has 0 spiro atoms. The first-order chi connectivity index (χ1) is 11.7. The Morgan fingerprint density at radius 1 is 1.27 bits per heavy atom. The lowest BCUT2D eigenvalue weighted by molar-refractivity contribution is -0.137. The fourth-order valence-corrected chi connectivity index (χ4v) is 2.17. The van der Waals surface area contributed by atoms with Crippen LogP contribution < -0.4 is 11.1 Å². The second-order valence-electron chi connectivity index (χ2n) is 5.85. The Kier molecular flexibility index (Phi) is 7.16. The molecule has 1 aromatic carbocycles. The Hall–Kier alpha value is -2.13. The number of nitrogens with two attached hydrogens (primary N) is 1. The molecular formula is C16H21ClF3N5O. The van der Waals surface area contributed by atoms with Crippen molar-refractivity contribution in [2.45, 2.75) is 38.4 Å². The molecule has 26 heavy (non-hydrogen) atoms. The van der Waals surface area contributed by atoms with Gasteiger partial charge in [0.25, 0.3) is 5.91 Å². The Bertz CT molecular complexity index is 743. The van der Waals surface area contributed by atoms with E-state index in [-0.39, 0.29) is 30.3 Å². The highest BCUT2D eigenvalue weighted by Crippen LogP contribution is 2.30. The van der Waals surface area contributed by atoms with Crippen molar-refractivity contribution in [2.75, 3.05) is 6.54 Å². The van der Waals surface area contributed by atoms with Gasteiger partial charge in [-0.25, -0.2) is 4.68 Å². The van der Waals surface area contributed by atoms with E-state index >= 15 is 0 Å². The van der Waals surface area contributed by atoms with Crippen LogP contribution in [0.5, 0.6) is 0 Å². The van der Waals surface area contributed by atoms with Gasteiger partial charge in [0.1, 0.15) is 0 Å². The smallest absolute Gasteiger partial charge is 0.349 e. The lowest BCUT2D eigenvalue weighted by Gasteiger charge is -2.26. The van der Waals surface area contributed by atoms with Gasteiger partial charge in [0.2, 0.25) is 0 Å². The van der Waals surface area contributed by atoms with E-state index in [9.17, 15) is 18.0 Å². The summed E-state index contributed by atoms with van der Waals surface area (Å²) in [5.41, 5.74) is 4.98. The summed E-state index contributed by atoms with van der Waals surface area (Å²) >= 11 is 0. The normalized spacial score (nSPS) is 11.8. The standard InChI is InChI=1S/C16H20F3N5O.ClH/c1-3-15(20,4-2)10-21-14(25)13-9-24(23-22-13)12-7-5-6-11(8-12)16(17,18)19;/h5-9H,3-4,10,20H2,1-2H3,(H,21,25);1H. The number of carbonyl (C=O) groups is 1. The van der Waals surface area contributed by atoms with Gasteiger partial charge in [0.05, 0.1) is 17.4 Å². The number of benzene rings is 1. The lowest BCUT2D eigenvalue weighted by Crippen LogP contribution is -2.49. The Morgan fingerprint density at radius 3 is 2.50 bits per heavy atom. The number of carbonyl (C=O) groups excluding carboxylic acids is 1. The van der Waals surface area contributed by atoms with Gasteiger partial charge in [0, 0.05) is 12.1 Å². The molecule has 1 amide bonds. The summed E-state index contributed by atoms with van der Waals surface area (Å²) in [5, 5.41) is 10.1. The van der Waals surface area contributed by atoms with Gasteiger partial charge in [-0.3, -0.25) is 4.79 Å². The van der Waals surface area contributed by atoms with Gasteiger partial charge < -0.3 is 11.1 Å². The average molecular weight is 392 g/mol. The summed E-state index contributed by atoms with van der Waals surface area (Å²) in [6.07, 6.45) is -1.79. The van der Waals surface area contributed by atoms with E-state index in [0.29, 0.717) is 12.8 Å². The maximum absolute atomic E-state index is 12.8. The molecule has 0 aliphatic rings. The van der Waals surface area contributed by atoms with Crippen molar-refractivity contribution in [3.63, 3.8) is 0 Å². The molecule has 2 aromatic rings. The molecule has 144 valence electrons. The van der Waals surface area contributed by atoms with Gasteiger partial charge in [-0.2, -0.15) is 13.2 Å². The van der Waals surface area contributed by atoms with Crippen LogP contribution >= 0.6 is 12.4 Å². The van der Waals surface area contributed by atoms with Crippen LogP contribution in [0.4, 0.5) is 13.2 Å². The zero-order valence-corrected chi connectivity index (χ0v) is 15.2. The Morgan fingerprint density at radius 2 is 1.92 bits per heavy atom. The maximum atomic E-state index is 12.8. The van der Waals surface area contributed by atoms with Crippen LogP contribution in [0.1, 0.15) is 42.7 Å². The van der Waals surface area contributed by atoms with E-state index in [4.69, 9.17) is 5.73 Å². The predicted molar refractivity (Wildman–Crippen MR) is 93.4 cm³/mol. The number of rotatable bonds is 6. The molecule has 10 heteroatoms. The van der Waals surface area contributed by atoms with Crippen molar-refractivity contribution >= 4 is 18.3 Å². The van der Waals surface area contributed by atoms with Crippen molar-refractivity contribution in [1.29, 1.82) is 0 Å². The molecule has 0 saturated heterocycles. The topological polar surface area (TPSA) is 85.8 Å². The number of nitrogens with one attached hydrogen (secondary N) is 1. The van der Waals surface area contributed by atoms with Crippen LogP contribution in [0.15, 0.2) is 30.5 Å². The van der Waals surface area contributed by atoms with E-state index in [1.807, 2.05) is 13.8 Å². The lowest BCUT2D eigenvalue weighted by atomic mass is 9.94. The molecule has 0 fully saturated rings. The number of hydrogen-bond acceptors (Lipinski definition) is 4. The quantitative estimate of drug-likeness (QED) is 0.792. The monoisotopic (exact) mass is 391 g/mol. The summed E-state index contributed by atoms with van der Waals surface area (Å²) in [7, 11) is 0. The molecule has 2 rings (SSSR count). The van der Waals surface area contributed by atoms with Crippen molar-refractivity contribution in [3.8, 4) is 5.69 Å². The highest BCUT2D eigenvalue weighted by atomic mass is 35.5. The van der Waals surface area contributed by atoms with Crippen LogP contribution in [0, 0.1) is 0 Å². The second kappa shape index (κ2) is 8.50. The largest absolute Gasteiger partial charge is 0.416 e. The van der Waals surface area contributed by atoms with E-state index < -0.39 is 23.2 Å². The molecular weight excluding hydrogens is 371 g/mol. The molecule has 0 aliphatic carbocycles. The van der Waals surface area contributed by atoms with Crippen molar-refractivity contribution in [3.05, 3.63) is 41.7 Å². The average Bonchev–Trinajstić information content (AvgIpc) is 3.09. The molecule has 0 saturated carbocycles. The second-order valence-corrected chi connectivity index (χ2v) is 5.85. The molecule has 0 atom stereocenters. The summed E-state index contributed by atoms with van der Waals surface area (Å²) in [6.45, 7) is 4.13. The zero-order chi connectivity index (χ0) is 18.7. The molecule has 0 radical (unpaired) electrons. The minimum absolute atomic E-state index is 0. The van der Waals surface area contributed by atoms with Gasteiger partial charge in [-0.1, -0.05) is 25.1 Å². The fraction of sp³-hybridized carbons (Fsp3) is 0.438. The van der Waals surface area contributed by atoms with Crippen molar-refractivity contribution < 1.29 is 18.0 Å². The summed E-state index contributed by atoms with van der Waals surface area (Å²) < 4.78 is 39.4. The Balaban J connectivity index is 0.00000338. The zero-order valence-electron chi connectivity index (χ0n) is 14.4. The summed E-state index contributed by atoms with van der Waals surface area (Å²) in [4.78, 5) is 12.1. The molecule has 0 bridgehead atoms. The van der Waals surface area contributed by atoms with E-state index in [1.165, 1.54) is 18.3 Å². The summed E-state index contributed by atoms with van der Waals surface area (Å²) in [5.74, 6) is -0.477. The highest BCUT2D eigenvalue weighted by molar-refractivity contribution is 5.92. The maximum Gasteiger partial charge on any atom is 0.416 e. The van der Waals surface area contributed by atoms with Crippen LogP contribution in [-0.4, -0.2) is 33.0 Å². The first-order valence-electron chi connectivity index (χ1n) is 7.85. The predicted octanol–water partition coefficient (Wildman–Crippen LogP) is 2.96. The Labute approximate surface area is 155 Å². The molecule has 0 unspecified atom stereocenters. The van der Waals surface area contributed by atoms with Gasteiger partial charge >= 0.3 is 6.18 Å². The third-order valence-electron chi connectivity index (χ3n) is 4.17. The van der Waals surface area contributed by atoms with Crippen LogP contribution in [0.3, 0.4) is 0 Å². The SMILES string of the molecule is CCC(N)(CC)CNC(=O)c1cn(-c2cccc(C(F)(F)F)c2)nn1.Cl. The first-order valence-corrected chi connectivity index (χ1v) is 7.85. The highest BCUT2D eigenvalue weighted by Gasteiger charge is 2.30. The van der Waals surface area contributed by atoms with Crippen LogP contribution in [-0.2, 0) is 6.18 Å². The summed E-state index contributed by atoms with van der Waals surface area (Å²) in [6, 6.07) is 4.62. The fourth-order valence-electron chi connectivity index (χ4n) is 2.17. The molecule has 1 heterocycles. The molecule has 1 aromatic heterocycles. The van der Waals surface area contributed by atoms with Gasteiger partial charge in [-0.15, -0.1) is 17.5 Å². The van der Waals surface area contributed by atoms with Crippen LogP contribution in [0.25, 0.3) is 5.69 Å². The molecule has 0 aliphatic heterocycles. The number of amides is 1. The first kappa shape index (κ1) is 21.9. The minimum atomic E-state index is -4.46. The van der Waals surface area contributed by atoms with E-state index in [0.717, 1.165) is 16.8 Å². The number of hydrogen-bond donors (Lipinski definition) is 2. The minimum Gasteiger partial charge on any atom is -0.349 e. The number of nitrogens with zero attached hydrogens (tertiary/aromatic N) is 3. The third-order valence-corrected chi connectivity index (χ3v) is 4.17. The third kappa shape index (κ3) is 5.18. The number of halogens is 4. The number of alkyl halides is 3. The van der Waals surface area contributed by atoms with Gasteiger partial charge in [0.15, 0.2) is 5.69 Å². The van der Waals surface area contributed by atoms with Gasteiger partial charge in [-0.05, 0) is 31.0 Å². The molecule has 3 N–H and O–H groups in total. The van der Waals surface area contributed by atoms with E-state index in [2.05, 4.69) is 15.6 Å².